The van der Waals surface area contributed by atoms with Crippen molar-refractivity contribution in [1.82, 2.24) is 0 Å². The fourth-order valence-corrected chi connectivity index (χ4v) is 16.5. The van der Waals surface area contributed by atoms with E-state index < -0.39 is 0 Å². The van der Waals surface area contributed by atoms with Crippen molar-refractivity contribution in [3.63, 3.8) is 0 Å². The zero-order valence-corrected chi connectivity index (χ0v) is 17.0. The monoisotopic (exact) mass is 394 g/mol. The summed E-state index contributed by atoms with van der Waals surface area (Å²) in [6, 6.07) is 0. The molecule has 0 nitrogen and oxygen atoms in total. The molecule has 0 aromatic rings. The molecule has 2 rings (SSSR count). The summed E-state index contributed by atoms with van der Waals surface area (Å²) in [5.74, 6) is 5.25. The molecule has 0 bridgehead atoms. The van der Waals surface area contributed by atoms with Gasteiger partial charge >= 0.3 is 0 Å². The van der Waals surface area contributed by atoms with Crippen LogP contribution in [0.2, 0.25) is 0 Å². The summed E-state index contributed by atoms with van der Waals surface area (Å²) < 4.78 is 0.966. The Morgan fingerprint density at radius 3 is 1.44 bits per heavy atom. The predicted molar refractivity (Wildman–Crippen MR) is 106 cm³/mol. The average Bonchev–Trinajstić information content (AvgIpc) is 3.25. The van der Waals surface area contributed by atoms with E-state index in [4.69, 9.17) is 0 Å². The van der Waals surface area contributed by atoms with Crippen LogP contribution in [0.15, 0.2) is 0 Å². The van der Waals surface area contributed by atoms with E-state index in [9.17, 15) is 0 Å². The first kappa shape index (κ1) is 17.2. The van der Waals surface area contributed by atoms with Gasteiger partial charge in [-0.3, -0.25) is 0 Å². The van der Waals surface area contributed by atoms with Gasteiger partial charge in [0.25, 0.3) is 0 Å². The van der Waals surface area contributed by atoms with Crippen LogP contribution in [0.5, 0.6) is 0 Å². The van der Waals surface area contributed by atoms with Crippen LogP contribution in [0.4, 0.5) is 0 Å². The topological polar surface area (TPSA) is 0 Å². The molecule has 2 aliphatic rings. The molecule has 2 saturated heterocycles. The largest absolute Gasteiger partial charge is 0.136 e. The minimum absolute atomic E-state index is 0.483. The maximum Gasteiger partial charge on any atom is 0.136 e. The molecule has 8 heteroatoms. The molecular weight excluding hydrogens is 377 g/mol. The Hall–Kier alpha value is 2.80. The lowest BCUT2D eigenvalue weighted by atomic mass is 10.6. The minimum atomic E-state index is 0.483. The molecule has 0 aliphatic carbocycles. The van der Waals surface area contributed by atoms with Gasteiger partial charge in [-0.2, -0.15) is 0 Å². The van der Waals surface area contributed by atoms with Gasteiger partial charge in [-0.1, -0.05) is 78.6 Å². The third-order valence-corrected chi connectivity index (χ3v) is 18.7. The van der Waals surface area contributed by atoms with Gasteiger partial charge in [-0.25, -0.2) is 0 Å². The van der Waals surface area contributed by atoms with Crippen molar-refractivity contribution in [2.45, 2.75) is 33.5 Å². The fraction of sp³-hybridized carbons (Fsp3) is 1.00. The quantitative estimate of drug-likeness (QED) is 0.161. The highest BCUT2D eigenvalue weighted by Gasteiger charge is 2.53. The molecular formula is C10H18S8. The van der Waals surface area contributed by atoms with Gasteiger partial charge in [0.05, 0.1) is 0 Å². The number of hydrogen-bond donors (Lipinski definition) is 0. The molecule has 0 saturated carbocycles. The Morgan fingerprint density at radius 2 is 1.17 bits per heavy atom. The first-order chi connectivity index (χ1) is 8.74. The van der Waals surface area contributed by atoms with Crippen LogP contribution < -0.4 is 0 Å². The first-order valence-corrected chi connectivity index (χ1v) is 14.8. The Bertz CT molecular complexity index is 224. The first-order valence-electron chi connectivity index (χ1n) is 6.00. The summed E-state index contributed by atoms with van der Waals surface area (Å²) in [7, 11) is 12.6. The van der Waals surface area contributed by atoms with Crippen LogP contribution in [0.1, 0.15) is 26.7 Å². The van der Waals surface area contributed by atoms with Gasteiger partial charge in [0.1, 0.15) is 6.82 Å². The third kappa shape index (κ3) is 5.89. The molecule has 0 amide bonds. The van der Waals surface area contributed by atoms with E-state index in [1.54, 1.807) is 0 Å². The van der Waals surface area contributed by atoms with Crippen LogP contribution in [-0.4, -0.2) is 29.8 Å². The summed E-state index contributed by atoms with van der Waals surface area (Å²) in [5, 5.41) is 0. The molecule has 18 heavy (non-hydrogen) atoms. The molecule has 2 fully saturated rings. The summed E-state index contributed by atoms with van der Waals surface area (Å²) in [5.41, 5.74) is 0. The number of hydrogen-bond acceptors (Lipinski definition) is 8. The zero-order valence-electron chi connectivity index (χ0n) is 10.5. The third-order valence-electron chi connectivity index (χ3n) is 2.00. The molecule has 0 N–H and O–H groups in total. The summed E-state index contributed by atoms with van der Waals surface area (Å²) in [6.07, 6.45) is 2.58. The standard InChI is InChI=1S/C10H18S8/c1-3-5-13-15-9(7-11-9)17-18-10(8-12-10)16-14-6-4-2/h3-8H2,1-2H3. The van der Waals surface area contributed by atoms with Gasteiger partial charge < -0.3 is 0 Å². The van der Waals surface area contributed by atoms with Crippen molar-refractivity contribution in [1.29, 1.82) is 0 Å². The predicted octanol–water partition coefficient (Wildman–Crippen LogP) is 6.75. The molecule has 0 aromatic carbocycles. The second kappa shape index (κ2) is 8.44. The Morgan fingerprint density at radius 1 is 0.778 bits per heavy atom. The van der Waals surface area contributed by atoms with Crippen molar-refractivity contribution in [2.75, 3.05) is 23.0 Å². The van der Waals surface area contributed by atoms with Crippen LogP contribution in [0.25, 0.3) is 0 Å². The molecule has 2 aliphatic heterocycles. The van der Waals surface area contributed by atoms with Crippen molar-refractivity contribution >= 4 is 88.3 Å². The smallest absolute Gasteiger partial charge is 0.128 e. The van der Waals surface area contributed by atoms with Crippen LogP contribution in [0, 0.1) is 0 Å². The van der Waals surface area contributed by atoms with E-state index in [1.807, 2.05) is 0 Å². The van der Waals surface area contributed by atoms with Crippen molar-refractivity contribution in [3.05, 3.63) is 0 Å². The van der Waals surface area contributed by atoms with Gasteiger partial charge in [-0.05, 0) is 12.8 Å². The maximum atomic E-state index is 2.26. The van der Waals surface area contributed by atoms with E-state index >= 15 is 0 Å². The average molecular weight is 395 g/mol. The number of thioether (sulfide) groups is 2. The summed E-state index contributed by atoms with van der Waals surface area (Å²) in [4.78, 5) is 0. The highest BCUT2D eigenvalue weighted by atomic mass is 33.2. The van der Waals surface area contributed by atoms with Crippen molar-refractivity contribution in [2.24, 2.45) is 0 Å². The van der Waals surface area contributed by atoms with Gasteiger partial charge in [0.15, 0.2) is 0 Å². The highest BCUT2D eigenvalue weighted by molar-refractivity contribution is 8.94. The van der Waals surface area contributed by atoms with Crippen LogP contribution >= 0.6 is 88.3 Å². The van der Waals surface area contributed by atoms with Crippen LogP contribution in [0.3, 0.4) is 0 Å². The molecule has 2 atom stereocenters. The maximum absolute atomic E-state index is 2.26. The van der Waals surface area contributed by atoms with E-state index in [2.05, 4.69) is 102 Å². The summed E-state index contributed by atoms with van der Waals surface area (Å²) in [6.45, 7) is 4.53. The minimum Gasteiger partial charge on any atom is -0.128 e. The van der Waals surface area contributed by atoms with Crippen molar-refractivity contribution in [3.8, 4) is 0 Å². The number of rotatable bonds is 11. The Balaban J connectivity index is 1.62. The van der Waals surface area contributed by atoms with E-state index in [1.165, 1.54) is 35.9 Å². The zero-order chi connectivity index (χ0) is 12.9. The second-order valence-electron chi connectivity index (χ2n) is 3.92. The Kier molecular flexibility index (Phi) is 8.04. The van der Waals surface area contributed by atoms with E-state index in [0.29, 0.717) is 6.82 Å². The molecule has 0 radical (unpaired) electrons. The second-order valence-corrected chi connectivity index (χ2v) is 16.2. The molecule has 2 unspecified atom stereocenters. The van der Waals surface area contributed by atoms with E-state index in [0.717, 1.165) is 0 Å². The highest BCUT2D eigenvalue weighted by Crippen LogP contribution is 2.75. The lowest BCUT2D eigenvalue weighted by Crippen LogP contribution is -1.97. The summed E-state index contributed by atoms with van der Waals surface area (Å²) >= 11 is 4.24. The van der Waals surface area contributed by atoms with Crippen LogP contribution in [-0.2, 0) is 0 Å². The normalized spacial score (nSPS) is 33.7. The molecule has 0 spiro atoms. The molecule has 2 heterocycles. The molecule has 106 valence electrons. The van der Waals surface area contributed by atoms with E-state index in [-0.39, 0.29) is 0 Å². The van der Waals surface area contributed by atoms with Crippen molar-refractivity contribution < 1.29 is 0 Å². The van der Waals surface area contributed by atoms with Gasteiger partial charge in [0, 0.05) is 23.0 Å². The molecule has 0 aromatic heterocycles. The van der Waals surface area contributed by atoms with Gasteiger partial charge in [-0.15, -0.1) is 23.5 Å². The lowest BCUT2D eigenvalue weighted by molar-refractivity contribution is 1.11. The fourth-order valence-electron chi connectivity index (χ4n) is 0.895. The van der Waals surface area contributed by atoms with Gasteiger partial charge in [0.2, 0.25) is 0 Å². The Labute approximate surface area is 143 Å². The lowest BCUT2D eigenvalue weighted by Gasteiger charge is -2.15. The SMILES string of the molecule is CCCSSC1(SSC2(SSCCC)CS2)CS1.